The Balaban J connectivity index is 2.04. The summed E-state index contributed by atoms with van der Waals surface area (Å²) in [5.74, 6) is 0. The van der Waals surface area contributed by atoms with Crippen LogP contribution in [0.15, 0.2) is 60.7 Å². The molecular formula is C15H11F3O. The molecular weight excluding hydrogens is 253 g/mol. The summed E-state index contributed by atoms with van der Waals surface area (Å²) in [6.45, 7) is 0. The van der Waals surface area contributed by atoms with Crippen LogP contribution in [0.2, 0.25) is 0 Å². The Kier molecular flexibility index (Phi) is 2.64. The Morgan fingerprint density at radius 2 is 1.37 bits per heavy atom. The van der Waals surface area contributed by atoms with E-state index in [2.05, 4.69) is 0 Å². The predicted molar refractivity (Wildman–Crippen MR) is 64.4 cm³/mol. The van der Waals surface area contributed by atoms with E-state index in [1.165, 1.54) is 12.1 Å². The SMILES string of the molecule is FC(F)(F)[C@@]1(c2ccccc2)O[C@@H]1c1ccccc1. The quantitative estimate of drug-likeness (QED) is 0.740. The van der Waals surface area contributed by atoms with E-state index in [-0.39, 0.29) is 5.56 Å². The molecule has 1 nitrogen and oxygen atoms in total. The fourth-order valence-corrected chi connectivity index (χ4v) is 2.37. The molecule has 19 heavy (non-hydrogen) atoms. The van der Waals surface area contributed by atoms with Gasteiger partial charge in [0, 0.05) is 0 Å². The molecule has 0 aromatic heterocycles. The van der Waals surface area contributed by atoms with Crippen LogP contribution in [0.1, 0.15) is 17.2 Å². The molecule has 3 rings (SSSR count). The van der Waals surface area contributed by atoms with E-state index in [9.17, 15) is 13.2 Å². The highest BCUT2D eigenvalue weighted by Crippen LogP contribution is 2.64. The van der Waals surface area contributed by atoms with Gasteiger partial charge in [0.1, 0.15) is 6.10 Å². The molecule has 1 heterocycles. The van der Waals surface area contributed by atoms with E-state index < -0.39 is 17.9 Å². The molecule has 2 atom stereocenters. The topological polar surface area (TPSA) is 12.5 Å². The number of rotatable bonds is 2. The van der Waals surface area contributed by atoms with Gasteiger partial charge < -0.3 is 4.74 Å². The molecule has 1 fully saturated rings. The van der Waals surface area contributed by atoms with Crippen LogP contribution in [0.25, 0.3) is 0 Å². The summed E-state index contributed by atoms with van der Waals surface area (Å²) in [4.78, 5) is 0. The van der Waals surface area contributed by atoms with Gasteiger partial charge >= 0.3 is 6.18 Å². The molecule has 2 aromatic carbocycles. The summed E-state index contributed by atoms with van der Waals surface area (Å²) >= 11 is 0. The fraction of sp³-hybridized carbons (Fsp3) is 0.200. The average Bonchev–Trinajstić information content (AvgIpc) is 3.17. The number of hydrogen-bond acceptors (Lipinski definition) is 1. The Labute approximate surface area is 108 Å². The Bertz CT molecular complexity index is 565. The van der Waals surface area contributed by atoms with Crippen LogP contribution in [-0.4, -0.2) is 6.18 Å². The van der Waals surface area contributed by atoms with Gasteiger partial charge in [0.2, 0.25) is 5.60 Å². The third-order valence-corrected chi connectivity index (χ3v) is 3.34. The Hall–Kier alpha value is -1.81. The van der Waals surface area contributed by atoms with Crippen molar-refractivity contribution >= 4 is 0 Å². The van der Waals surface area contributed by atoms with E-state index in [1.54, 1.807) is 48.5 Å². The van der Waals surface area contributed by atoms with Crippen molar-refractivity contribution in [3.8, 4) is 0 Å². The van der Waals surface area contributed by atoms with Crippen molar-refractivity contribution in [2.24, 2.45) is 0 Å². The van der Waals surface area contributed by atoms with Gasteiger partial charge in [-0.3, -0.25) is 0 Å². The number of hydrogen-bond donors (Lipinski definition) is 0. The second kappa shape index (κ2) is 4.10. The highest BCUT2D eigenvalue weighted by molar-refractivity contribution is 5.37. The lowest BCUT2D eigenvalue weighted by Gasteiger charge is -2.17. The molecule has 98 valence electrons. The molecule has 0 unspecified atom stereocenters. The second-order valence-electron chi connectivity index (χ2n) is 4.51. The second-order valence-corrected chi connectivity index (χ2v) is 4.51. The van der Waals surface area contributed by atoms with Crippen LogP contribution in [0.3, 0.4) is 0 Å². The normalized spacial score (nSPS) is 26.2. The first kappa shape index (κ1) is 12.2. The number of halogens is 3. The monoisotopic (exact) mass is 264 g/mol. The fourth-order valence-electron chi connectivity index (χ4n) is 2.37. The lowest BCUT2D eigenvalue weighted by Crippen LogP contribution is -2.31. The predicted octanol–water partition coefficient (Wildman–Crippen LogP) is 4.22. The molecule has 0 amide bonds. The molecule has 1 saturated heterocycles. The minimum absolute atomic E-state index is 0.149. The van der Waals surface area contributed by atoms with Crippen LogP contribution in [0, 0.1) is 0 Å². The summed E-state index contributed by atoms with van der Waals surface area (Å²) in [5.41, 5.74) is -1.50. The first-order valence-corrected chi connectivity index (χ1v) is 5.91. The van der Waals surface area contributed by atoms with Gasteiger partial charge in [-0.05, 0) is 11.1 Å². The smallest absolute Gasteiger partial charge is 0.346 e. The maximum Gasteiger partial charge on any atom is 0.424 e. The highest BCUT2D eigenvalue weighted by atomic mass is 19.4. The third kappa shape index (κ3) is 1.83. The zero-order chi connectivity index (χ0) is 13.5. The van der Waals surface area contributed by atoms with Gasteiger partial charge in [-0.25, -0.2) is 0 Å². The number of alkyl halides is 3. The van der Waals surface area contributed by atoms with Crippen molar-refractivity contribution in [1.29, 1.82) is 0 Å². The van der Waals surface area contributed by atoms with Crippen molar-refractivity contribution < 1.29 is 17.9 Å². The van der Waals surface area contributed by atoms with Crippen molar-refractivity contribution in [2.45, 2.75) is 17.9 Å². The maximum absolute atomic E-state index is 13.4. The van der Waals surface area contributed by atoms with Crippen LogP contribution >= 0.6 is 0 Å². The average molecular weight is 264 g/mol. The molecule has 2 aromatic rings. The van der Waals surface area contributed by atoms with E-state index in [1.807, 2.05) is 0 Å². The summed E-state index contributed by atoms with van der Waals surface area (Å²) in [5, 5.41) is 0. The van der Waals surface area contributed by atoms with Crippen LogP contribution in [0.5, 0.6) is 0 Å². The van der Waals surface area contributed by atoms with Gasteiger partial charge in [-0.1, -0.05) is 60.7 Å². The van der Waals surface area contributed by atoms with Crippen molar-refractivity contribution in [3.63, 3.8) is 0 Å². The molecule has 1 aliphatic heterocycles. The molecule has 4 heteroatoms. The van der Waals surface area contributed by atoms with E-state index in [0.29, 0.717) is 5.56 Å². The maximum atomic E-state index is 13.4. The molecule has 0 bridgehead atoms. The zero-order valence-corrected chi connectivity index (χ0v) is 9.89. The zero-order valence-electron chi connectivity index (χ0n) is 9.89. The van der Waals surface area contributed by atoms with Gasteiger partial charge in [0.25, 0.3) is 0 Å². The molecule has 0 N–H and O–H groups in total. The minimum atomic E-state index is -4.44. The van der Waals surface area contributed by atoms with E-state index in [0.717, 1.165) is 0 Å². The minimum Gasteiger partial charge on any atom is -0.346 e. The summed E-state index contributed by atoms with van der Waals surface area (Å²) in [7, 11) is 0. The Morgan fingerprint density at radius 3 is 1.89 bits per heavy atom. The van der Waals surface area contributed by atoms with Crippen LogP contribution < -0.4 is 0 Å². The number of benzene rings is 2. The first-order chi connectivity index (χ1) is 9.06. The Morgan fingerprint density at radius 1 is 0.842 bits per heavy atom. The number of ether oxygens (including phenoxy) is 1. The van der Waals surface area contributed by atoms with Crippen LogP contribution in [-0.2, 0) is 10.3 Å². The van der Waals surface area contributed by atoms with Crippen molar-refractivity contribution in [2.75, 3.05) is 0 Å². The largest absolute Gasteiger partial charge is 0.424 e. The number of epoxide rings is 1. The molecule has 1 aliphatic rings. The molecule has 0 radical (unpaired) electrons. The van der Waals surface area contributed by atoms with E-state index in [4.69, 9.17) is 4.74 Å². The van der Waals surface area contributed by atoms with Crippen molar-refractivity contribution in [3.05, 3.63) is 71.8 Å². The lowest BCUT2D eigenvalue weighted by molar-refractivity contribution is -0.187. The summed E-state index contributed by atoms with van der Waals surface area (Å²) in [6, 6.07) is 16.3. The van der Waals surface area contributed by atoms with Gasteiger partial charge in [0.15, 0.2) is 0 Å². The van der Waals surface area contributed by atoms with Crippen LogP contribution in [0.4, 0.5) is 13.2 Å². The lowest BCUT2D eigenvalue weighted by atomic mass is 9.91. The molecule has 0 saturated carbocycles. The highest BCUT2D eigenvalue weighted by Gasteiger charge is 2.74. The molecule has 0 spiro atoms. The van der Waals surface area contributed by atoms with E-state index >= 15 is 0 Å². The van der Waals surface area contributed by atoms with Gasteiger partial charge in [-0.2, -0.15) is 13.2 Å². The summed E-state index contributed by atoms with van der Waals surface area (Å²) < 4.78 is 45.3. The standard InChI is InChI=1S/C15H11F3O/c16-15(17,18)14(12-9-5-2-6-10-12)13(19-14)11-7-3-1-4-8-11/h1-10,13H/t13-,14+/m1/s1. The van der Waals surface area contributed by atoms with Gasteiger partial charge in [0.05, 0.1) is 0 Å². The molecule has 0 aliphatic carbocycles. The third-order valence-electron chi connectivity index (χ3n) is 3.34. The van der Waals surface area contributed by atoms with Crippen molar-refractivity contribution in [1.82, 2.24) is 0 Å². The summed E-state index contributed by atoms with van der Waals surface area (Å²) in [6.07, 6.45) is -5.40. The van der Waals surface area contributed by atoms with Gasteiger partial charge in [-0.15, -0.1) is 0 Å². The first-order valence-electron chi connectivity index (χ1n) is 5.91.